The molecule has 1 aromatic carbocycles. The molecule has 0 radical (unpaired) electrons. The number of amides is 1. The maximum Gasteiger partial charge on any atom is 0.255 e. The minimum absolute atomic E-state index is 0.175. The first-order chi connectivity index (χ1) is 13.6. The van der Waals surface area contributed by atoms with Crippen LogP contribution in [-0.4, -0.2) is 44.1 Å². The molecule has 8 nitrogen and oxygen atoms in total. The third kappa shape index (κ3) is 3.28. The Labute approximate surface area is 162 Å². The largest absolute Gasteiger partial charge is 0.497 e. The summed E-state index contributed by atoms with van der Waals surface area (Å²) in [7, 11) is 1.63. The number of carbonyl (C=O) groups excluding carboxylic acids is 1. The molecular formula is C20H22N6O2. The molecule has 0 aliphatic rings. The standard InChI is InChI=1S/C20H22N6O2/c1-12(2)18-24-25-19-14(5-4-10-26(18)19)20(27)21-9-8-17-22-15-7-6-13(28-3)11-16(15)23-17/h4-7,10-12H,8-9H2,1-3H3,(H,21,27)(H,22,23). The van der Waals surface area contributed by atoms with Crippen LogP contribution < -0.4 is 10.1 Å². The van der Waals surface area contributed by atoms with Crippen molar-refractivity contribution in [2.45, 2.75) is 26.2 Å². The number of methoxy groups -OCH3 is 1. The second kappa shape index (κ2) is 7.30. The van der Waals surface area contributed by atoms with Crippen LogP contribution in [0.5, 0.6) is 5.75 Å². The van der Waals surface area contributed by atoms with Crippen molar-refractivity contribution in [3.05, 3.63) is 53.7 Å². The molecule has 28 heavy (non-hydrogen) atoms. The molecule has 0 aliphatic carbocycles. The molecule has 4 rings (SSSR count). The lowest BCUT2D eigenvalue weighted by molar-refractivity contribution is 0.0955. The summed E-state index contributed by atoms with van der Waals surface area (Å²) in [6, 6.07) is 9.29. The molecule has 0 spiro atoms. The van der Waals surface area contributed by atoms with Crippen LogP contribution in [-0.2, 0) is 6.42 Å². The van der Waals surface area contributed by atoms with Gasteiger partial charge in [0.15, 0.2) is 5.65 Å². The Morgan fingerprint density at radius 1 is 1.29 bits per heavy atom. The molecule has 1 amide bonds. The Bertz CT molecular complexity index is 1140. The second-order valence-corrected chi connectivity index (χ2v) is 6.90. The fraction of sp³-hybridized carbons (Fsp3) is 0.300. The van der Waals surface area contributed by atoms with Gasteiger partial charge in [0.25, 0.3) is 5.91 Å². The Morgan fingerprint density at radius 3 is 2.93 bits per heavy atom. The van der Waals surface area contributed by atoms with Crippen LogP contribution in [0.2, 0.25) is 0 Å². The summed E-state index contributed by atoms with van der Waals surface area (Å²) in [4.78, 5) is 20.4. The molecular weight excluding hydrogens is 356 g/mol. The fourth-order valence-corrected chi connectivity index (χ4v) is 3.18. The van der Waals surface area contributed by atoms with Crippen LogP contribution in [0.1, 0.15) is 41.8 Å². The van der Waals surface area contributed by atoms with E-state index < -0.39 is 0 Å². The maximum atomic E-state index is 12.6. The monoisotopic (exact) mass is 378 g/mol. The number of carbonyl (C=O) groups is 1. The van der Waals surface area contributed by atoms with E-state index >= 15 is 0 Å². The number of aromatic nitrogens is 5. The number of pyridine rings is 1. The molecule has 0 unspecified atom stereocenters. The van der Waals surface area contributed by atoms with Gasteiger partial charge in [0, 0.05) is 31.1 Å². The number of imidazole rings is 1. The molecule has 0 bridgehead atoms. The van der Waals surface area contributed by atoms with E-state index in [-0.39, 0.29) is 11.8 Å². The highest BCUT2D eigenvalue weighted by molar-refractivity contribution is 5.99. The number of benzene rings is 1. The quantitative estimate of drug-likeness (QED) is 0.538. The smallest absolute Gasteiger partial charge is 0.255 e. The molecule has 0 aliphatic heterocycles. The lowest BCUT2D eigenvalue weighted by Crippen LogP contribution is -2.26. The van der Waals surface area contributed by atoms with Crippen molar-refractivity contribution >= 4 is 22.6 Å². The van der Waals surface area contributed by atoms with Gasteiger partial charge in [-0.1, -0.05) is 13.8 Å². The average molecular weight is 378 g/mol. The van der Waals surface area contributed by atoms with Crippen LogP contribution in [0.15, 0.2) is 36.5 Å². The Kier molecular flexibility index (Phi) is 4.68. The van der Waals surface area contributed by atoms with E-state index in [0.717, 1.165) is 28.4 Å². The highest BCUT2D eigenvalue weighted by Gasteiger charge is 2.16. The highest BCUT2D eigenvalue weighted by Crippen LogP contribution is 2.19. The Balaban J connectivity index is 1.45. The first-order valence-electron chi connectivity index (χ1n) is 9.21. The number of nitrogens with one attached hydrogen (secondary N) is 2. The number of H-pyrrole nitrogens is 1. The molecule has 0 atom stereocenters. The highest BCUT2D eigenvalue weighted by atomic mass is 16.5. The van der Waals surface area contributed by atoms with E-state index in [0.29, 0.717) is 24.2 Å². The summed E-state index contributed by atoms with van der Waals surface area (Å²) >= 11 is 0. The third-order valence-electron chi connectivity index (χ3n) is 4.61. The van der Waals surface area contributed by atoms with Crippen LogP contribution in [0.25, 0.3) is 16.7 Å². The summed E-state index contributed by atoms with van der Waals surface area (Å²) < 4.78 is 7.09. The van der Waals surface area contributed by atoms with Gasteiger partial charge in [0.1, 0.15) is 17.4 Å². The van der Waals surface area contributed by atoms with Gasteiger partial charge in [-0.05, 0) is 24.3 Å². The zero-order valence-corrected chi connectivity index (χ0v) is 16.1. The zero-order valence-electron chi connectivity index (χ0n) is 16.1. The minimum Gasteiger partial charge on any atom is -0.497 e. The number of hydrogen-bond acceptors (Lipinski definition) is 5. The van der Waals surface area contributed by atoms with Crippen LogP contribution in [0, 0.1) is 0 Å². The third-order valence-corrected chi connectivity index (χ3v) is 4.61. The zero-order chi connectivity index (χ0) is 19.7. The predicted octanol–water partition coefficient (Wildman–Crippen LogP) is 2.71. The Hall–Kier alpha value is -3.42. The Morgan fingerprint density at radius 2 is 2.14 bits per heavy atom. The molecule has 0 saturated carbocycles. The number of rotatable bonds is 6. The predicted molar refractivity (Wildman–Crippen MR) is 106 cm³/mol. The van der Waals surface area contributed by atoms with Crippen molar-refractivity contribution in [2.75, 3.05) is 13.7 Å². The van der Waals surface area contributed by atoms with E-state index in [1.807, 2.05) is 48.7 Å². The number of aromatic amines is 1. The molecule has 2 N–H and O–H groups in total. The maximum absolute atomic E-state index is 12.6. The van der Waals surface area contributed by atoms with Gasteiger partial charge < -0.3 is 15.0 Å². The molecule has 4 aromatic rings. The van der Waals surface area contributed by atoms with Gasteiger partial charge in [-0.3, -0.25) is 9.20 Å². The van der Waals surface area contributed by atoms with E-state index in [1.54, 1.807) is 13.2 Å². The lowest BCUT2D eigenvalue weighted by Gasteiger charge is -2.06. The average Bonchev–Trinajstić information content (AvgIpc) is 3.30. The van der Waals surface area contributed by atoms with Gasteiger partial charge in [-0.2, -0.15) is 0 Å². The summed E-state index contributed by atoms with van der Waals surface area (Å²) in [5.74, 6) is 2.47. The molecule has 8 heteroatoms. The van der Waals surface area contributed by atoms with E-state index in [2.05, 4.69) is 25.5 Å². The number of ether oxygens (including phenoxy) is 1. The van der Waals surface area contributed by atoms with Crippen molar-refractivity contribution in [3.63, 3.8) is 0 Å². The van der Waals surface area contributed by atoms with Crippen molar-refractivity contribution in [2.24, 2.45) is 0 Å². The molecule has 3 aromatic heterocycles. The SMILES string of the molecule is COc1ccc2nc(CCNC(=O)c3cccn4c(C(C)C)nnc34)[nH]c2c1. The van der Waals surface area contributed by atoms with Gasteiger partial charge in [0.05, 0.1) is 23.7 Å². The number of nitrogens with zero attached hydrogens (tertiary/aromatic N) is 4. The summed E-state index contributed by atoms with van der Waals surface area (Å²) in [6.07, 6.45) is 2.47. The van der Waals surface area contributed by atoms with Crippen molar-refractivity contribution in [1.82, 2.24) is 29.9 Å². The van der Waals surface area contributed by atoms with Gasteiger partial charge >= 0.3 is 0 Å². The van der Waals surface area contributed by atoms with Gasteiger partial charge in [-0.25, -0.2) is 4.98 Å². The van der Waals surface area contributed by atoms with Gasteiger partial charge in [-0.15, -0.1) is 10.2 Å². The number of hydrogen-bond donors (Lipinski definition) is 2. The van der Waals surface area contributed by atoms with Crippen LogP contribution in [0.4, 0.5) is 0 Å². The van der Waals surface area contributed by atoms with Gasteiger partial charge in [0.2, 0.25) is 0 Å². The summed E-state index contributed by atoms with van der Waals surface area (Å²) in [6.45, 7) is 4.56. The second-order valence-electron chi connectivity index (χ2n) is 6.90. The summed E-state index contributed by atoms with van der Waals surface area (Å²) in [5, 5.41) is 11.3. The fourth-order valence-electron chi connectivity index (χ4n) is 3.18. The first kappa shape index (κ1) is 18.0. The molecule has 0 fully saturated rings. The van der Waals surface area contributed by atoms with E-state index in [9.17, 15) is 4.79 Å². The van der Waals surface area contributed by atoms with Crippen LogP contribution in [0.3, 0.4) is 0 Å². The van der Waals surface area contributed by atoms with Crippen molar-refractivity contribution in [1.29, 1.82) is 0 Å². The summed E-state index contributed by atoms with van der Waals surface area (Å²) in [5.41, 5.74) is 2.86. The molecule has 3 heterocycles. The first-order valence-corrected chi connectivity index (χ1v) is 9.21. The normalized spacial score (nSPS) is 11.4. The minimum atomic E-state index is -0.175. The topological polar surface area (TPSA) is 97.2 Å². The van der Waals surface area contributed by atoms with Crippen molar-refractivity contribution < 1.29 is 9.53 Å². The van der Waals surface area contributed by atoms with E-state index in [1.165, 1.54) is 0 Å². The molecule has 0 saturated heterocycles. The lowest BCUT2D eigenvalue weighted by atomic mass is 10.2. The number of fused-ring (bicyclic) bond motifs is 2. The van der Waals surface area contributed by atoms with Crippen molar-refractivity contribution in [3.8, 4) is 5.75 Å². The van der Waals surface area contributed by atoms with E-state index in [4.69, 9.17) is 4.74 Å². The molecule has 144 valence electrons. The van der Waals surface area contributed by atoms with Crippen LogP contribution >= 0.6 is 0 Å².